The number of quaternary nitrogens is 2. The molecule has 1 fully saturated rings. The molecule has 0 aromatic heterocycles. The number of piperazine rings is 1. The number of aryl methyl sites for hydroxylation is 1. The van der Waals surface area contributed by atoms with Crippen LogP contribution in [-0.2, 0) is 11.3 Å². The van der Waals surface area contributed by atoms with Gasteiger partial charge in [0.1, 0.15) is 38.3 Å². The summed E-state index contributed by atoms with van der Waals surface area (Å²) in [5, 5.41) is 12.2. The summed E-state index contributed by atoms with van der Waals surface area (Å²) in [7, 11) is 0. The third-order valence-electron chi connectivity index (χ3n) is 5.40. The first-order valence-electron chi connectivity index (χ1n) is 9.27. The average Bonchev–Trinajstić information content (AvgIpc) is 2.56. The monoisotopic (exact) mass is 344 g/mol. The number of rotatable bonds is 6. The van der Waals surface area contributed by atoms with Gasteiger partial charge < -0.3 is 15.1 Å². The van der Waals surface area contributed by atoms with Gasteiger partial charge in [0.2, 0.25) is 0 Å². The number of carbonyl (C=O) groups is 1. The van der Waals surface area contributed by atoms with Crippen LogP contribution in [0.15, 0.2) is 24.3 Å². The molecule has 2 rings (SSSR count). The fraction of sp³-hybridized carbons (Fsp3) is 0.600. The molecule has 0 radical (unpaired) electrons. The summed E-state index contributed by atoms with van der Waals surface area (Å²) < 4.78 is 0. The van der Waals surface area contributed by atoms with Gasteiger partial charge >= 0.3 is 0 Å². The van der Waals surface area contributed by atoms with E-state index < -0.39 is 5.54 Å². The Morgan fingerprint density at radius 1 is 1.28 bits per heavy atom. The summed E-state index contributed by atoms with van der Waals surface area (Å²) in [4.78, 5) is 15.2. The number of benzene rings is 1. The van der Waals surface area contributed by atoms with Crippen molar-refractivity contribution in [3.05, 3.63) is 35.4 Å². The van der Waals surface area contributed by atoms with E-state index in [2.05, 4.69) is 42.6 Å². The molecule has 1 aliphatic rings. The maximum atomic E-state index is 12.3. The first kappa shape index (κ1) is 19.4. The van der Waals surface area contributed by atoms with Gasteiger partial charge in [0.15, 0.2) is 6.54 Å². The fourth-order valence-corrected chi connectivity index (χ4v) is 3.28. The SMILES string of the molecule is Cc1cccc(C[NH+]2CC[NH+](CC(=O)N[C@@](C)(C#N)C(C)C)CC2)c1. The molecule has 0 saturated carbocycles. The van der Waals surface area contributed by atoms with E-state index in [0.717, 1.165) is 32.7 Å². The van der Waals surface area contributed by atoms with Crippen molar-refractivity contribution in [2.24, 2.45) is 5.92 Å². The minimum atomic E-state index is -0.783. The van der Waals surface area contributed by atoms with E-state index in [0.29, 0.717) is 6.54 Å². The molecular weight excluding hydrogens is 312 g/mol. The Morgan fingerprint density at radius 2 is 1.92 bits per heavy atom. The summed E-state index contributed by atoms with van der Waals surface area (Å²) >= 11 is 0. The predicted octanol–water partition coefficient (Wildman–Crippen LogP) is -0.667. The lowest BCUT2D eigenvalue weighted by molar-refractivity contribution is -1.02. The molecule has 1 saturated heterocycles. The summed E-state index contributed by atoms with van der Waals surface area (Å²) in [6.45, 7) is 13.5. The number of amides is 1. The van der Waals surface area contributed by atoms with E-state index in [-0.39, 0.29) is 11.8 Å². The number of hydrogen-bond acceptors (Lipinski definition) is 2. The largest absolute Gasteiger partial charge is 0.333 e. The fourth-order valence-electron chi connectivity index (χ4n) is 3.28. The number of nitrogens with one attached hydrogen (secondary N) is 3. The second kappa shape index (κ2) is 8.46. The molecule has 1 aromatic rings. The quantitative estimate of drug-likeness (QED) is 0.641. The van der Waals surface area contributed by atoms with Gasteiger partial charge in [0, 0.05) is 5.56 Å². The molecule has 0 bridgehead atoms. The zero-order valence-electron chi connectivity index (χ0n) is 16.0. The summed E-state index contributed by atoms with van der Waals surface area (Å²) in [5.74, 6) is 0.0713. The maximum absolute atomic E-state index is 12.3. The van der Waals surface area contributed by atoms with Crippen LogP contribution in [0.25, 0.3) is 0 Å². The Kier molecular flexibility index (Phi) is 6.57. The highest BCUT2D eigenvalue weighted by Crippen LogP contribution is 2.14. The molecule has 25 heavy (non-hydrogen) atoms. The van der Waals surface area contributed by atoms with Gasteiger partial charge in [-0.2, -0.15) is 5.26 Å². The molecule has 1 aromatic carbocycles. The second-order valence-corrected chi connectivity index (χ2v) is 7.86. The van der Waals surface area contributed by atoms with Gasteiger partial charge in [-0.25, -0.2) is 0 Å². The van der Waals surface area contributed by atoms with Crippen molar-refractivity contribution < 1.29 is 14.6 Å². The van der Waals surface area contributed by atoms with Crippen LogP contribution in [0.3, 0.4) is 0 Å². The Balaban J connectivity index is 1.78. The molecule has 0 spiro atoms. The second-order valence-electron chi connectivity index (χ2n) is 7.86. The number of nitrogens with zero attached hydrogens (tertiary/aromatic N) is 1. The molecule has 1 heterocycles. The third-order valence-corrected chi connectivity index (χ3v) is 5.40. The van der Waals surface area contributed by atoms with Crippen molar-refractivity contribution in [3.63, 3.8) is 0 Å². The smallest absolute Gasteiger partial charge is 0.276 e. The Morgan fingerprint density at radius 3 is 2.48 bits per heavy atom. The van der Waals surface area contributed by atoms with Gasteiger partial charge in [-0.15, -0.1) is 0 Å². The molecule has 1 aliphatic heterocycles. The van der Waals surface area contributed by atoms with Crippen molar-refractivity contribution in [3.8, 4) is 6.07 Å². The number of nitriles is 1. The van der Waals surface area contributed by atoms with Gasteiger partial charge in [-0.3, -0.25) is 4.79 Å². The third kappa shape index (κ3) is 5.55. The maximum Gasteiger partial charge on any atom is 0.276 e. The highest BCUT2D eigenvalue weighted by molar-refractivity contribution is 5.78. The Labute approximate surface area is 151 Å². The molecule has 136 valence electrons. The van der Waals surface area contributed by atoms with Gasteiger partial charge in [0.25, 0.3) is 5.91 Å². The van der Waals surface area contributed by atoms with E-state index in [1.165, 1.54) is 16.0 Å². The van der Waals surface area contributed by atoms with Crippen LogP contribution in [-0.4, -0.2) is 44.2 Å². The highest BCUT2D eigenvalue weighted by atomic mass is 16.2. The van der Waals surface area contributed by atoms with E-state index >= 15 is 0 Å². The van der Waals surface area contributed by atoms with Crippen molar-refractivity contribution in [1.29, 1.82) is 5.26 Å². The predicted molar refractivity (Wildman–Crippen MR) is 98.1 cm³/mol. The first-order chi connectivity index (χ1) is 11.8. The lowest BCUT2D eigenvalue weighted by Crippen LogP contribution is -3.28. The molecule has 0 aliphatic carbocycles. The van der Waals surface area contributed by atoms with Crippen LogP contribution in [0.1, 0.15) is 31.9 Å². The summed E-state index contributed by atoms with van der Waals surface area (Å²) in [6, 6.07) is 10.9. The van der Waals surface area contributed by atoms with E-state index in [9.17, 15) is 10.1 Å². The van der Waals surface area contributed by atoms with Crippen molar-refractivity contribution in [1.82, 2.24) is 5.32 Å². The van der Waals surface area contributed by atoms with Crippen LogP contribution in [0.2, 0.25) is 0 Å². The van der Waals surface area contributed by atoms with Crippen molar-refractivity contribution in [2.75, 3.05) is 32.7 Å². The van der Waals surface area contributed by atoms with Crippen LogP contribution in [0.4, 0.5) is 0 Å². The van der Waals surface area contributed by atoms with E-state index in [1.54, 1.807) is 11.8 Å². The minimum Gasteiger partial charge on any atom is -0.333 e. The summed E-state index contributed by atoms with van der Waals surface area (Å²) in [5.41, 5.74) is 1.91. The Hall–Kier alpha value is -1.90. The molecule has 1 atom stereocenters. The van der Waals surface area contributed by atoms with Crippen LogP contribution in [0.5, 0.6) is 0 Å². The standard InChI is InChI=1S/C20H30N4O/c1-16(2)20(4,15-21)22-19(25)14-24-10-8-23(9-11-24)13-18-7-5-6-17(3)12-18/h5-7,12,16H,8-11,13-14H2,1-4H3,(H,22,25)/p+2/t20-/m0/s1. The first-order valence-corrected chi connectivity index (χ1v) is 9.27. The molecular formula is C20H32N4O+2. The van der Waals surface area contributed by atoms with Gasteiger partial charge in [-0.05, 0) is 19.8 Å². The molecule has 5 heteroatoms. The summed E-state index contributed by atoms with van der Waals surface area (Å²) in [6.07, 6.45) is 0. The lowest BCUT2D eigenvalue weighted by atomic mass is 9.90. The molecule has 3 N–H and O–H groups in total. The topological polar surface area (TPSA) is 61.8 Å². The zero-order valence-corrected chi connectivity index (χ0v) is 16.0. The van der Waals surface area contributed by atoms with Crippen LogP contribution >= 0.6 is 0 Å². The minimum absolute atomic E-state index is 0.0186. The number of carbonyl (C=O) groups excluding carboxylic acids is 1. The lowest BCUT2D eigenvalue weighted by Gasteiger charge is -2.31. The van der Waals surface area contributed by atoms with Gasteiger partial charge in [0.05, 0.1) is 6.07 Å². The van der Waals surface area contributed by atoms with Gasteiger partial charge in [-0.1, -0.05) is 43.7 Å². The van der Waals surface area contributed by atoms with E-state index in [1.807, 2.05) is 13.8 Å². The normalized spacial score (nSPS) is 22.9. The Bertz CT molecular complexity index is 629. The average molecular weight is 345 g/mol. The zero-order chi connectivity index (χ0) is 18.4. The molecule has 5 nitrogen and oxygen atoms in total. The highest BCUT2D eigenvalue weighted by Gasteiger charge is 2.32. The number of hydrogen-bond donors (Lipinski definition) is 3. The van der Waals surface area contributed by atoms with E-state index in [4.69, 9.17) is 0 Å². The van der Waals surface area contributed by atoms with Crippen molar-refractivity contribution >= 4 is 5.91 Å². The van der Waals surface area contributed by atoms with Crippen molar-refractivity contribution in [2.45, 2.75) is 39.8 Å². The molecule has 0 unspecified atom stereocenters. The van der Waals surface area contributed by atoms with Crippen LogP contribution < -0.4 is 15.1 Å². The molecule has 1 amide bonds. The van der Waals surface area contributed by atoms with Crippen LogP contribution in [0, 0.1) is 24.2 Å².